The Balaban J connectivity index is 1.51. The molecule has 1 aromatic heterocycles. The summed E-state index contributed by atoms with van der Waals surface area (Å²) in [4.78, 5) is 10.3. The molecule has 1 N–H and O–H groups in total. The second kappa shape index (κ2) is 6.57. The lowest BCUT2D eigenvalue weighted by Gasteiger charge is -2.33. The Morgan fingerprint density at radius 2 is 1.85 bits per heavy atom. The monoisotopic (exact) mass is 390 g/mol. The van der Waals surface area contributed by atoms with Gasteiger partial charge in [0, 0.05) is 31.2 Å². The third-order valence-electron chi connectivity index (χ3n) is 4.60. The van der Waals surface area contributed by atoms with Crippen LogP contribution in [-0.2, 0) is 10.0 Å². The number of benzene rings is 2. The van der Waals surface area contributed by atoms with Crippen LogP contribution in [0, 0.1) is 6.92 Å². The Bertz CT molecular complexity index is 1060. The molecule has 1 aliphatic rings. The van der Waals surface area contributed by atoms with Crippen molar-refractivity contribution in [3.8, 4) is 0 Å². The summed E-state index contributed by atoms with van der Waals surface area (Å²) in [7, 11) is -3.53. The van der Waals surface area contributed by atoms with E-state index >= 15 is 0 Å². The first kappa shape index (κ1) is 17.3. The number of aromatic nitrogens is 2. The van der Waals surface area contributed by atoms with E-state index in [-0.39, 0.29) is 4.90 Å². The summed E-state index contributed by atoms with van der Waals surface area (Å²) in [5.74, 6) is 0.783. The molecule has 0 spiro atoms. The first-order chi connectivity index (χ1) is 12.4. The van der Waals surface area contributed by atoms with Crippen molar-refractivity contribution in [2.45, 2.75) is 11.8 Å². The normalized spacial score (nSPS) is 16.3. The summed E-state index contributed by atoms with van der Waals surface area (Å²) in [6, 6.07) is 12.5. The Hall–Kier alpha value is -2.09. The lowest BCUT2D eigenvalue weighted by molar-refractivity contribution is 0.383. The van der Waals surface area contributed by atoms with Crippen molar-refractivity contribution in [3.63, 3.8) is 0 Å². The largest absolute Gasteiger partial charge is 0.340 e. The lowest BCUT2D eigenvalue weighted by Crippen LogP contribution is -2.49. The molecule has 2 aromatic carbocycles. The van der Waals surface area contributed by atoms with Crippen molar-refractivity contribution in [2.75, 3.05) is 31.1 Å². The van der Waals surface area contributed by atoms with Gasteiger partial charge >= 0.3 is 0 Å². The number of hydrogen-bond acceptors (Lipinski definition) is 4. The quantitative estimate of drug-likeness (QED) is 0.746. The van der Waals surface area contributed by atoms with Gasteiger partial charge in [0.15, 0.2) is 0 Å². The molecular weight excluding hydrogens is 372 g/mol. The highest BCUT2D eigenvalue weighted by molar-refractivity contribution is 7.89. The molecule has 0 radical (unpaired) electrons. The van der Waals surface area contributed by atoms with Gasteiger partial charge in [-0.1, -0.05) is 23.7 Å². The van der Waals surface area contributed by atoms with E-state index in [0.717, 1.165) is 17.0 Å². The molecule has 0 saturated carbocycles. The van der Waals surface area contributed by atoms with Gasteiger partial charge in [0.05, 0.1) is 15.9 Å². The average Bonchev–Trinajstić information content (AvgIpc) is 3.05. The van der Waals surface area contributed by atoms with Gasteiger partial charge in [-0.3, -0.25) is 0 Å². The molecule has 1 fully saturated rings. The van der Waals surface area contributed by atoms with Crippen LogP contribution in [0.15, 0.2) is 47.4 Å². The number of nitrogens with one attached hydrogen (secondary N) is 1. The molecule has 6 nitrogen and oxygen atoms in total. The van der Waals surface area contributed by atoms with Crippen molar-refractivity contribution in [2.24, 2.45) is 0 Å². The van der Waals surface area contributed by atoms with E-state index in [1.165, 1.54) is 15.9 Å². The maximum atomic E-state index is 12.8. The number of imidazole rings is 1. The number of fused-ring (bicyclic) bond motifs is 1. The predicted molar refractivity (Wildman–Crippen MR) is 103 cm³/mol. The molecule has 136 valence electrons. The van der Waals surface area contributed by atoms with Crippen molar-refractivity contribution in [1.82, 2.24) is 14.3 Å². The molecule has 3 aromatic rings. The zero-order valence-corrected chi connectivity index (χ0v) is 15.9. The van der Waals surface area contributed by atoms with Gasteiger partial charge in [0.25, 0.3) is 0 Å². The number of halogens is 1. The molecule has 1 saturated heterocycles. The topological polar surface area (TPSA) is 69.3 Å². The molecule has 0 aliphatic carbocycles. The fraction of sp³-hybridized carbons (Fsp3) is 0.278. The number of hydrogen-bond donors (Lipinski definition) is 1. The third-order valence-corrected chi connectivity index (χ3v) is 6.73. The minimum absolute atomic E-state index is 0.234. The molecular formula is C18H19ClN4O2S. The molecule has 0 amide bonds. The van der Waals surface area contributed by atoms with E-state index < -0.39 is 10.0 Å². The number of piperazine rings is 1. The number of H-pyrrole nitrogens is 1. The Kier molecular flexibility index (Phi) is 4.38. The SMILES string of the molecule is Cc1ccc2nc(N3CCN(S(=O)(=O)c4cccc(Cl)c4)CC3)[nH]c2c1. The zero-order valence-electron chi connectivity index (χ0n) is 14.3. The van der Waals surface area contributed by atoms with Gasteiger partial charge in [-0.05, 0) is 42.8 Å². The number of rotatable bonds is 3. The third kappa shape index (κ3) is 3.18. The number of sulfonamides is 1. The Labute approximate surface area is 157 Å². The van der Waals surface area contributed by atoms with Crippen LogP contribution in [-0.4, -0.2) is 48.9 Å². The van der Waals surface area contributed by atoms with Gasteiger partial charge in [-0.25, -0.2) is 13.4 Å². The molecule has 0 unspecified atom stereocenters. The zero-order chi connectivity index (χ0) is 18.3. The van der Waals surface area contributed by atoms with E-state index in [4.69, 9.17) is 11.6 Å². The first-order valence-electron chi connectivity index (χ1n) is 8.40. The van der Waals surface area contributed by atoms with Crippen molar-refractivity contribution in [3.05, 3.63) is 53.1 Å². The molecule has 0 atom stereocenters. The van der Waals surface area contributed by atoms with Gasteiger partial charge in [0.1, 0.15) is 0 Å². The number of aromatic amines is 1. The summed E-state index contributed by atoms with van der Waals surface area (Å²) in [6.45, 7) is 4.02. The molecule has 2 heterocycles. The minimum atomic E-state index is -3.53. The number of anilines is 1. The lowest BCUT2D eigenvalue weighted by atomic mass is 10.2. The van der Waals surface area contributed by atoms with Crippen LogP contribution in [0.25, 0.3) is 11.0 Å². The van der Waals surface area contributed by atoms with E-state index in [9.17, 15) is 8.42 Å². The van der Waals surface area contributed by atoms with E-state index in [0.29, 0.717) is 31.2 Å². The molecule has 0 bridgehead atoms. The first-order valence-corrected chi connectivity index (χ1v) is 10.2. The number of aryl methyl sites for hydroxylation is 1. The van der Waals surface area contributed by atoms with E-state index in [1.807, 2.05) is 19.1 Å². The van der Waals surface area contributed by atoms with Crippen molar-refractivity contribution < 1.29 is 8.42 Å². The van der Waals surface area contributed by atoms with Crippen LogP contribution in [0.4, 0.5) is 5.95 Å². The van der Waals surface area contributed by atoms with Crippen LogP contribution < -0.4 is 4.90 Å². The van der Waals surface area contributed by atoms with Crippen LogP contribution in [0.5, 0.6) is 0 Å². The number of nitrogens with zero attached hydrogens (tertiary/aromatic N) is 3. The Morgan fingerprint density at radius 3 is 2.58 bits per heavy atom. The molecule has 1 aliphatic heterocycles. The maximum absolute atomic E-state index is 12.8. The summed E-state index contributed by atoms with van der Waals surface area (Å²) < 4.78 is 27.1. The van der Waals surface area contributed by atoms with Crippen molar-refractivity contribution >= 4 is 38.6 Å². The van der Waals surface area contributed by atoms with Gasteiger partial charge in [-0.15, -0.1) is 0 Å². The standard InChI is InChI=1S/C18H19ClN4O2S/c1-13-5-6-16-17(11-13)21-18(20-16)22-7-9-23(10-8-22)26(24,25)15-4-2-3-14(19)12-15/h2-6,11-12H,7-10H2,1H3,(H,20,21). The highest BCUT2D eigenvalue weighted by atomic mass is 35.5. The fourth-order valence-corrected chi connectivity index (χ4v) is 4.90. The maximum Gasteiger partial charge on any atom is 0.243 e. The van der Waals surface area contributed by atoms with E-state index in [1.54, 1.807) is 18.2 Å². The van der Waals surface area contributed by atoms with Gasteiger partial charge in [-0.2, -0.15) is 4.31 Å². The summed E-state index contributed by atoms with van der Waals surface area (Å²) in [5, 5.41) is 0.419. The predicted octanol–water partition coefficient (Wildman–Crippen LogP) is 3.04. The summed E-state index contributed by atoms with van der Waals surface area (Å²) in [5.41, 5.74) is 3.08. The molecule has 8 heteroatoms. The molecule has 26 heavy (non-hydrogen) atoms. The second-order valence-corrected chi connectivity index (χ2v) is 8.80. The molecule has 4 rings (SSSR count). The van der Waals surface area contributed by atoms with Crippen LogP contribution in [0.1, 0.15) is 5.56 Å². The van der Waals surface area contributed by atoms with Crippen molar-refractivity contribution in [1.29, 1.82) is 0 Å². The van der Waals surface area contributed by atoms with E-state index in [2.05, 4.69) is 20.9 Å². The highest BCUT2D eigenvalue weighted by Gasteiger charge is 2.29. The van der Waals surface area contributed by atoms with Crippen LogP contribution in [0.2, 0.25) is 5.02 Å². The highest BCUT2D eigenvalue weighted by Crippen LogP contribution is 2.23. The summed E-state index contributed by atoms with van der Waals surface area (Å²) >= 11 is 5.94. The Morgan fingerprint density at radius 1 is 1.08 bits per heavy atom. The smallest absolute Gasteiger partial charge is 0.243 e. The van der Waals surface area contributed by atoms with Gasteiger partial charge in [0.2, 0.25) is 16.0 Å². The summed E-state index contributed by atoms with van der Waals surface area (Å²) in [6.07, 6.45) is 0. The van der Waals surface area contributed by atoms with Crippen LogP contribution in [0.3, 0.4) is 0 Å². The average molecular weight is 391 g/mol. The second-order valence-electron chi connectivity index (χ2n) is 6.43. The fourth-order valence-electron chi connectivity index (χ4n) is 3.18. The van der Waals surface area contributed by atoms with Gasteiger partial charge < -0.3 is 9.88 Å². The minimum Gasteiger partial charge on any atom is -0.340 e. The van der Waals surface area contributed by atoms with Crippen LogP contribution >= 0.6 is 11.6 Å².